The normalized spacial score (nSPS) is 12.5. The standard InChI is InChI=1S/C10H11BrFN/c1-2-3-10(13)7-4-5-8(11)9(12)6-7/h2,4-6,10H,1,3,13H2/t10-/m0/s1. The van der Waals surface area contributed by atoms with E-state index in [1.54, 1.807) is 18.2 Å². The van der Waals surface area contributed by atoms with Crippen molar-refractivity contribution in [2.75, 3.05) is 0 Å². The summed E-state index contributed by atoms with van der Waals surface area (Å²) in [6.07, 6.45) is 2.38. The fraction of sp³-hybridized carbons (Fsp3) is 0.200. The topological polar surface area (TPSA) is 26.0 Å². The van der Waals surface area contributed by atoms with E-state index >= 15 is 0 Å². The highest BCUT2D eigenvalue weighted by Crippen LogP contribution is 2.21. The van der Waals surface area contributed by atoms with Crippen LogP contribution in [0.25, 0.3) is 0 Å². The molecule has 0 unspecified atom stereocenters. The second kappa shape index (κ2) is 4.53. The number of rotatable bonds is 3. The van der Waals surface area contributed by atoms with Crippen LogP contribution >= 0.6 is 15.9 Å². The van der Waals surface area contributed by atoms with Gasteiger partial charge in [0.1, 0.15) is 5.82 Å². The van der Waals surface area contributed by atoms with Crippen LogP contribution in [0.1, 0.15) is 18.0 Å². The molecule has 0 aliphatic rings. The molecule has 2 N–H and O–H groups in total. The minimum Gasteiger partial charge on any atom is -0.324 e. The molecule has 0 saturated heterocycles. The molecule has 1 atom stereocenters. The summed E-state index contributed by atoms with van der Waals surface area (Å²) in [4.78, 5) is 0. The summed E-state index contributed by atoms with van der Waals surface area (Å²) in [6.45, 7) is 3.58. The van der Waals surface area contributed by atoms with Crippen molar-refractivity contribution in [2.45, 2.75) is 12.5 Å². The highest BCUT2D eigenvalue weighted by Gasteiger charge is 2.06. The second-order valence-electron chi connectivity index (χ2n) is 2.80. The highest BCUT2D eigenvalue weighted by molar-refractivity contribution is 9.10. The molecular formula is C10H11BrFN. The van der Waals surface area contributed by atoms with E-state index in [4.69, 9.17) is 5.73 Å². The van der Waals surface area contributed by atoms with Crippen molar-refractivity contribution in [1.29, 1.82) is 0 Å². The SMILES string of the molecule is C=CC[C@H](N)c1ccc(Br)c(F)c1. The van der Waals surface area contributed by atoms with Gasteiger partial charge in [-0.15, -0.1) is 6.58 Å². The first kappa shape index (κ1) is 10.4. The number of halogens is 2. The molecule has 0 aliphatic heterocycles. The molecule has 0 aromatic heterocycles. The Morgan fingerprint density at radius 1 is 1.62 bits per heavy atom. The maximum absolute atomic E-state index is 13.1. The van der Waals surface area contributed by atoms with E-state index in [2.05, 4.69) is 22.5 Å². The summed E-state index contributed by atoms with van der Waals surface area (Å²) in [5.74, 6) is -0.281. The van der Waals surface area contributed by atoms with Crippen LogP contribution in [0.15, 0.2) is 35.3 Å². The molecule has 0 spiro atoms. The quantitative estimate of drug-likeness (QED) is 0.812. The zero-order chi connectivity index (χ0) is 9.84. The minimum atomic E-state index is -0.281. The van der Waals surface area contributed by atoms with Crippen LogP contribution in [0.3, 0.4) is 0 Å². The lowest BCUT2D eigenvalue weighted by atomic mass is 10.1. The fourth-order valence-electron chi connectivity index (χ4n) is 1.06. The Balaban J connectivity index is 2.89. The molecule has 0 heterocycles. The van der Waals surface area contributed by atoms with Gasteiger partial charge in [-0.3, -0.25) is 0 Å². The monoisotopic (exact) mass is 243 g/mol. The third kappa shape index (κ3) is 2.64. The van der Waals surface area contributed by atoms with Crippen molar-refractivity contribution in [3.05, 3.63) is 46.7 Å². The van der Waals surface area contributed by atoms with E-state index in [1.165, 1.54) is 6.07 Å². The van der Waals surface area contributed by atoms with Crippen molar-refractivity contribution >= 4 is 15.9 Å². The number of benzene rings is 1. The predicted octanol–water partition coefficient (Wildman–Crippen LogP) is 3.16. The summed E-state index contributed by atoms with van der Waals surface area (Å²) in [5.41, 5.74) is 6.56. The van der Waals surface area contributed by atoms with Gasteiger partial charge < -0.3 is 5.73 Å². The van der Waals surface area contributed by atoms with Gasteiger partial charge in [0.15, 0.2) is 0 Å². The molecule has 0 amide bonds. The van der Waals surface area contributed by atoms with E-state index in [1.807, 2.05) is 0 Å². The van der Waals surface area contributed by atoms with Crippen LogP contribution in [0, 0.1) is 5.82 Å². The molecule has 70 valence electrons. The van der Waals surface area contributed by atoms with Crippen molar-refractivity contribution in [3.8, 4) is 0 Å². The summed E-state index contributed by atoms with van der Waals surface area (Å²) >= 11 is 3.08. The number of hydrogen-bond donors (Lipinski definition) is 1. The average Bonchev–Trinajstić information content (AvgIpc) is 2.10. The lowest BCUT2D eigenvalue weighted by Crippen LogP contribution is -2.09. The predicted molar refractivity (Wildman–Crippen MR) is 55.8 cm³/mol. The first-order valence-electron chi connectivity index (χ1n) is 3.96. The lowest BCUT2D eigenvalue weighted by Gasteiger charge is -2.09. The largest absolute Gasteiger partial charge is 0.324 e. The van der Waals surface area contributed by atoms with Gasteiger partial charge in [-0.05, 0) is 40.0 Å². The van der Waals surface area contributed by atoms with Crippen molar-refractivity contribution in [2.24, 2.45) is 5.73 Å². The molecular weight excluding hydrogens is 233 g/mol. The first-order chi connectivity index (χ1) is 6.15. The van der Waals surface area contributed by atoms with Gasteiger partial charge in [0.25, 0.3) is 0 Å². The van der Waals surface area contributed by atoms with Crippen molar-refractivity contribution in [1.82, 2.24) is 0 Å². The van der Waals surface area contributed by atoms with Gasteiger partial charge in [-0.25, -0.2) is 4.39 Å². The first-order valence-corrected chi connectivity index (χ1v) is 4.76. The van der Waals surface area contributed by atoms with Crippen LogP contribution in [0.5, 0.6) is 0 Å². The molecule has 0 bridgehead atoms. The van der Waals surface area contributed by atoms with Crippen LogP contribution in [-0.4, -0.2) is 0 Å². The fourth-order valence-corrected chi connectivity index (χ4v) is 1.31. The Labute approximate surface area is 85.6 Å². The smallest absolute Gasteiger partial charge is 0.137 e. The van der Waals surface area contributed by atoms with Gasteiger partial charge >= 0.3 is 0 Å². The Morgan fingerprint density at radius 3 is 2.85 bits per heavy atom. The third-order valence-electron chi connectivity index (χ3n) is 1.79. The van der Waals surface area contributed by atoms with Crippen LogP contribution < -0.4 is 5.73 Å². The molecule has 0 radical (unpaired) electrons. The van der Waals surface area contributed by atoms with E-state index < -0.39 is 0 Å². The molecule has 1 aromatic rings. The molecule has 1 aromatic carbocycles. The van der Waals surface area contributed by atoms with Crippen LogP contribution in [0.2, 0.25) is 0 Å². The number of hydrogen-bond acceptors (Lipinski definition) is 1. The van der Waals surface area contributed by atoms with Gasteiger partial charge in [0, 0.05) is 6.04 Å². The molecule has 1 rings (SSSR count). The number of nitrogens with two attached hydrogens (primary N) is 1. The highest BCUT2D eigenvalue weighted by atomic mass is 79.9. The lowest BCUT2D eigenvalue weighted by molar-refractivity contribution is 0.613. The molecule has 0 saturated carbocycles. The van der Waals surface area contributed by atoms with Gasteiger partial charge in [-0.1, -0.05) is 12.1 Å². The van der Waals surface area contributed by atoms with E-state index in [-0.39, 0.29) is 11.9 Å². The Morgan fingerprint density at radius 2 is 2.31 bits per heavy atom. The van der Waals surface area contributed by atoms with E-state index in [9.17, 15) is 4.39 Å². The molecule has 0 fully saturated rings. The third-order valence-corrected chi connectivity index (χ3v) is 2.44. The van der Waals surface area contributed by atoms with Gasteiger partial charge in [0.05, 0.1) is 4.47 Å². The van der Waals surface area contributed by atoms with Gasteiger partial charge in [0.2, 0.25) is 0 Å². The average molecular weight is 244 g/mol. The van der Waals surface area contributed by atoms with Gasteiger partial charge in [-0.2, -0.15) is 0 Å². The molecule has 13 heavy (non-hydrogen) atoms. The Bertz CT molecular complexity index is 312. The maximum atomic E-state index is 13.1. The summed E-state index contributed by atoms with van der Waals surface area (Å²) in [5, 5.41) is 0. The van der Waals surface area contributed by atoms with E-state index in [0.29, 0.717) is 10.9 Å². The molecule has 1 nitrogen and oxygen atoms in total. The summed E-state index contributed by atoms with van der Waals surface area (Å²) in [7, 11) is 0. The minimum absolute atomic E-state index is 0.167. The van der Waals surface area contributed by atoms with Crippen LogP contribution in [-0.2, 0) is 0 Å². The van der Waals surface area contributed by atoms with Crippen molar-refractivity contribution < 1.29 is 4.39 Å². The Kier molecular flexibility index (Phi) is 3.63. The zero-order valence-electron chi connectivity index (χ0n) is 7.13. The second-order valence-corrected chi connectivity index (χ2v) is 3.66. The molecule has 3 heteroatoms. The zero-order valence-corrected chi connectivity index (χ0v) is 8.72. The van der Waals surface area contributed by atoms with Crippen LogP contribution in [0.4, 0.5) is 4.39 Å². The Hall–Kier alpha value is -0.670. The maximum Gasteiger partial charge on any atom is 0.137 e. The van der Waals surface area contributed by atoms with E-state index in [0.717, 1.165) is 5.56 Å². The summed E-state index contributed by atoms with van der Waals surface area (Å²) in [6, 6.07) is 4.74. The molecule has 0 aliphatic carbocycles. The summed E-state index contributed by atoms with van der Waals surface area (Å²) < 4.78 is 13.5. The van der Waals surface area contributed by atoms with Crippen molar-refractivity contribution in [3.63, 3.8) is 0 Å².